The topological polar surface area (TPSA) is 30.5 Å². The summed E-state index contributed by atoms with van der Waals surface area (Å²) in [6, 6.07) is 18.5. The van der Waals surface area contributed by atoms with Crippen molar-refractivity contribution in [1.29, 1.82) is 0 Å². The lowest BCUT2D eigenvalue weighted by Crippen LogP contribution is -2.34. The number of para-hydroxylation sites is 1. The fourth-order valence-electron chi connectivity index (χ4n) is 2.59. The molecule has 0 amide bonds. The van der Waals surface area contributed by atoms with Gasteiger partial charge in [-0.15, -0.1) is 0 Å². The highest BCUT2D eigenvalue weighted by Gasteiger charge is 2.23. The Morgan fingerprint density at radius 3 is 2.67 bits per heavy atom. The SMILES string of the molecule is CC1OCCC1NCc1cccc(Oc2ccccc2)c1. The number of nitrogens with one attached hydrogen (secondary N) is 1. The minimum Gasteiger partial charge on any atom is -0.457 e. The first-order valence-corrected chi connectivity index (χ1v) is 7.48. The third-order valence-corrected chi connectivity index (χ3v) is 3.82. The monoisotopic (exact) mass is 283 g/mol. The van der Waals surface area contributed by atoms with Crippen LogP contribution in [-0.4, -0.2) is 18.8 Å². The third-order valence-electron chi connectivity index (χ3n) is 3.82. The summed E-state index contributed by atoms with van der Waals surface area (Å²) in [5.41, 5.74) is 1.22. The summed E-state index contributed by atoms with van der Waals surface area (Å²) in [5, 5.41) is 3.56. The van der Waals surface area contributed by atoms with E-state index in [-0.39, 0.29) is 0 Å². The van der Waals surface area contributed by atoms with Gasteiger partial charge in [0.05, 0.1) is 6.10 Å². The first-order valence-electron chi connectivity index (χ1n) is 7.48. The number of hydrogen-bond acceptors (Lipinski definition) is 3. The van der Waals surface area contributed by atoms with Gasteiger partial charge in [-0.2, -0.15) is 0 Å². The summed E-state index contributed by atoms with van der Waals surface area (Å²) in [6.45, 7) is 3.82. The zero-order chi connectivity index (χ0) is 14.5. The first kappa shape index (κ1) is 14.1. The fraction of sp³-hybridized carbons (Fsp3) is 0.333. The molecule has 0 radical (unpaired) electrons. The van der Waals surface area contributed by atoms with E-state index in [0.29, 0.717) is 12.1 Å². The average molecular weight is 283 g/mol. The lowest BCUT2D eigenvalue weighted by Gasteiger charge is -2.16. The smallest absolute Gasteiger partial charge is 0.127 e. The van der Waals surface area contributed by atoms with Crippen LogP contribution in [0.15, 0.2) is 54.6 Å². The summed E-state index contributed by atoms with van der Waals surface area (Å²) in [7, 11) is 0. The van der Waals surface area contributed by atoms with Gasteiger partial charge in [0.25, 0.3) is 0 Å². The van der Waals surface area contributed by atoms with Crippen LogP contribution < -0.4 is 10.1 Å². The molecule has 2 unspecified atom stereocenters. The molecular weight excluding hydrogens is 262 g/mol. The summed E-state index contributed by atoms with van der Waals surface area (Å²) in [4.78, 5) is 0. The molecule has 3 nitrogen and oxygen atoms in total. The number of hydrogen-bond donors (Lipinski definition) is 1. The molecule has 2 aromatic rings. The van der Waals surface area contributed by atoms with E-state index >= 15 is 0 Å². The Kier molecular flexibility index (Phi) is 4.53. The first-order chi connectivity index (χ1) is 10.3. The van der Waals surface area contributed by atoms with Crippen molar-refractivity contribution in [3.8, 4) is 11.5 Å². The summed E-state index contributed by atoms with van der Waals surface area (Å²) in [5.74, 6) is 1.73. The Morgan fingerprint density at radius 1 is 1.10 bits per heavy atom. The fourth-order valence-corrected chi connectivity index (χ4v) is 2.59. The Hall–Kier alpha value is -1.84. The van der Waals surface area contributed by atoms with E-state index in [4.69, 9.17) is 9.47 Å². The van der Waals surface area contributed by atoms with E-state index in [1.165, 1.54) is 5.56 Å². The lowest BCUT2D eigenvalue weighted by atomic mass is 10.1. The van der Waals surface area contributed by atoms with Crippen LogP contribution in [0, 0.1) is 0 Å². The number of rotatable bonds is 5. The predicted molar refractivity (Wildman–Crippen MR) is 83.6 cm³/mol. The van der Waals surface area contributed by atoms with E-state index in [9.17, 15) is 0 Å². The Labute approximate surface area is 125 Å². The molecule has 0 bridgehead atoms. The van der Waals surface area contributed by atoms with Crippen LogP contribution in [0.3, 0.4) is 0 Å². The largest absolute Gasteiger partial charge is 0.457 e. The molecule has 110 valence electrons. The van der Waals surface area contributed by atoms with Gasteiger partial charge in [0.15, 0.2) is 0 Å². The van der Waals surface area contributed by atoms with Gasteiger partial charge in [-0.1, -0.05) is 30.3 Å². The average Bonchev–Trinajstić information content (AvgIpc) is 2.92. The zero-order valence-electron chi connectivity index (χ0n) is 12.3. The standard InChI is InChI=1S/C18H21NO2/c1-14-18(10-11-20-14)19-13-15-6-5-9-17(12-15)21-16-7-3-2-4-8-16/h2-9,12,14,18-19H,10-11,13H2,1H3. The van der Waals surface area contributed by atoms with Crippen molar-refractivity contribution in [2.45, 2.75) is 32.0 Å². The van der Waals surface area contributed by atoms with Gasteiger partial charge in [-0.05, 0) is 43.2 Å². The van der Waals surface area contributed by atoms with E-state index in [1.807, 2.05) is 42.5 Å². The maximum atomic E-state index is 5.86. The molecule has 1 N–H and O–H groups in total. The predicted octanol–water partition coefficient (Wildman–Crippen LogP) is 3.75. The summed E-state index contributed by atoms with van der Waals surface area (Å²) in [6.07, 6.45) is 1.38. The number of benzene rings is 2. The Morgan fingerprint density at radius 2 is 1.90 bits per heavy atom. The molecule has 2 atom stereocenters. The lowest BCUT2D eigenvalue weighted by molar-refractivity contribution is 0.113. The molecule has 21 heavy (non-hydrogen) atoms. The van der Waals surface area contributed by atoms with E-state index in [0.717, 1.165) is 31.1 Å². The number of ether oxygens (including phenoxy) is 2. The highest BCUT2D eigenvalue weighted by Crippen LogP contribution is 2.22. The van der Waals surface area contributed by atoms with Gasteiger partial charge < -0.3 is 14.8 Å². The molecule has 3 heteroatoms. The molecule has 0 spiro atoms. The van der Waals surface area contributed by atoms with Gasteiger partial charge in [0.1, 0.15) is 11.5 Å². The minimum atomic E-state index is 0.300. The van der Waals surface area contributed by atoms with Crippen LogP contribution in [0.2, 0.25) is 0 Å². The zero-order valence-corrected chi connectivity index (χ0v) is 12.3. The van der Waals surface area contributed by atoms with Crippen LogP contribution in [-0.2, 0) is 11.3 Å². The van der Waals surface area contributed by atoms with Crippen molar-refractivity contribution in [2.24, 2.45) is 0 Å². The van der Waals surface area contributed by atoms with Gasteiger partial charge >= 0.3 is 0 Å². The van der Waals surface area contributed by atoms with Crippen LogP contribution in [0.1, 0.15) is 18.9 Å². The van der Waals surface area contributed by atoms with Gasteiger partial charge in [0, 0.05) is 19.2 Å². The molecule has 1 aliphatic rings. The second kappa shape index (κ2) is 6.74. The molecule has 2 aromatic carbocycles. The van der Waals surface area contributed by atoms with Crippen molar-refractivity contribution < 1.29 is 9.47 Å². The van der Waals surface area contributed by atoms with Crippen molar-refractivity contribution in [1.82, 2.24) is 5.32 Å². The normalized spacial score (nSPS) is 21.4. The second-order valence-corrected chi connectivity index (χ2v) is 5.41. The van der Waals surface area contributed by atoms with Crippen molar-refractivity contribution in [3.63, 3.8) is 0 Å². The van der Waals surface area contributed by atoms with Crippen LogP contribution in [0.5, 0.6) is 11.5 Å². The van der Waals surface area contributed by atoms with Crippen molar-refractivity contribution in [2.75, 3.05) is 6.61 Å². The molecular formula is C18H21NO2. The van der Waals surface area contributed by atoms with Gasteiger partial charge in [-0.3, -0.25) is 0 Å². The van der Waals surface area contributed by atoms with Gasteiger partial charge in [0.2, 0.25) is 0 Å². The molecule has 0 aromatic heterocycles. The van der Waals surface area contributed by atoms with E-state index in [1.54, 1.807) is 0 Å². The molecule has 1 saturated heterocycles. The molecule has 1 aliphatic heterocycles. The second-order valence-electron chi connectivity index (χ2n) is 5.41. The molecule has 0 aliphatic carbocycles. The Balaban J connectivity index is 1.60. The Bertz CT molecular complexity index is 570. The maximum absolute atomic E-state index is 5.86. The van der Waals surface area contributed by atoms with Crippen LogP contribution in [0.4, 0.5) is 0 Å². The minimum absolute atomic E-state index is 0.300. The summed E-state index contributed by atoms with van der Waals surface area (Å²) >= 11 is 0. The maximum Gasteiger partial charge on any atom is 0.127 e. The third kappa shape index (κ3) is 3.84. The molecule has 1 heterocycles. The highest BCUT2D eigenvalue weighted by atomic mass is 16.5. The van der Waals surface area contributed by atoms with Crippen molar-refractivity contribution in [3.05, 3.63) is 60.2 Å². The van der Waals surface area contributed by atoms with Gasteiger partial charge in [-0.25, -0.2) is 0 Å². The molecule has 0 saturated carbocycles. The quantitative estimate of drug-likeness (QED) is 0.906. The van der Waals surface area contributed by atoms with E-state index < -0.39 is 0 Å². The highest BCUT2D eigenvalue weighted by molar-refractivity contribution is 5.33. The molecule has 3 rings (SSSR count). The van der Waals surface area contributed by atoms with Crippen LogP contribution in [0.25, 0.3) is 0 Å². The summed E-state index contributed by atoms with van der Waals surface area (Å²) < 4.78 is 11.4. The van der Waals surface area contributed by atoms with E-state index in [2.05, 4.69) is 24.4 Å². The van der Waals surface area contributed by atoms with Crippen molar-refractivity contribution >= 4 is 0 Å². The van der Waals surface area contributed by atoms with Crippen LogP contribution >= 0.6 is 0 Å². The molecule has 1 fully saturated rings.